The molecule has 3 rings (SSSR count). The van der Waals surface area contributed by atoms with Crippen LogP contribution in [0.2, 0.25) is 10.0 Å². The molecule has 0 aliphatic heterocycles. The highest BCUT2D eigenvalue weighted by Gasteiger charge is 2.11. The van der Waals surface area contributed by atoms with Crippen LogP contribution in [0.4, 0.5) is 23.0 Å². The fraction of sp³-hybridized carbons (Fsp3) is 0.0556. The molecule has 7 nitrogen and oxygen atoms in total. The molecule has 5 N–H and O–H groups in total. The number of nitrogens with two attached hydrogens (primary N) is 1. The summed E-state index contributed by atoms with van der Waals surface area (Å²) in [7, 11) is 0. The molecule has 0 aliphatic rings. The molecular formula is C18H16Cl2N6O. The standard InChI is InChI=1S/C18H16Cl2N6O/c1-10-5-6-13(20)8-14(10)24-16-15(21)17(23-9-22-16)25-26-18(27)11-3-2-4-12(19)7-11/h2-9H,21H2,1H3,(H,26,27)(H2,22,23,24,25). The molecule has 1 amide bonds. The summed E-state index contributed by atoms with van der Waals surface area (Å²) in [6.07, 6.45) is 1.33. The highest BCUT2D eigenvalue weighted by molar-refractivity contribution is 6.31. The first-order valence-electron chi connectivity index (χ1n) is 7.89. The van der Waals surface area contributed by atoms with Crippen molar-refractivity contribution in [1.29, 1.82) is 0 Å². The van der Waals surface area contributed by atoms with E-state index in [0.717, 1.165) is 11.3 Å². The molecule has 27 heavy (non-hydrogen) atoms. The van der Waals surface area contributed by atoms with Crippen molar-refractivity contribution in [3.63, 3.8) is 0 Å². The Kier molecular flexibility index (Phi) is 5.63. The van der Waals surface area contributed by atoms with Crippen LogP contribution in [-0.4, -0.2) is 15.9 Å². The number of anilines is 4. The summed E-state index contributed by atoms with van der Waals surface area (Å²) in [5, 5.41) is 4.17. The van der Waals surface area contributed by atoms with E-state index in [-0.39, 0.29) is 17.4 Å². The SMILES string of the molecule is Cc1ccc(Cl)cc1Nc1ncnc(NNC(=O)c2cccc(Cl)c2)c1N. The zero-order chi connectivity index (χ0) is 19.4. The molecule has 0 aliphatic carbocycles. The Morgan fingerprint density at radius 2 is 1.78 bits per heavy atom. The highest BCUT2D eigenvalue weighted by Crippen LogP contribution is 2.28. The van der Waals surface area contributed by atoms with Gasteiger partial charge in [-0.15, -0.1) is 0 Å². The Hall–Kier alpha value is -3.03. The summed E-state index contributed by atoms with van der Waals surface area (Å²) in [6, 6.07) is 12.0. The molecule has 1 aromatic heterocycles. The van der Waals surface area contributed by atoms with Gasteiger partial charge in [0.2, 0.25) is 0 Å². The largest absolute Gasteiger partial charge is 0.393 e. The summed E-state index contributed by atoms with van der Waals surface area (Å²) in [5.41, 5.74) is 13.7. The number of carbonyl (C=O) groups excluding carboxylic acids is 1. The number of hydrogen-bond acceptors (Lipinski definition) is 6. The van der Waals surface area contributed by atoms with Crippen molar-refractivity contribution < 1.29 is 4.79 Å². The number of nitrogens with one attached hydrogen (secondary N) is 3. The number of aromatic nitrogens is 2. The van der Waals surface area contributed by atoms with Gasteiger partial charge in [-0.3, -0.25) is 15.6 Å². The monoisotopic (exact) mass is 402 g/mol. The number of halogens is 2. The summed E-state index contributed by atoms with van der Waals surface area (Å²) in [4.78, 5) is 20.4. The number of benzene rings is 2. The van der Waals surface area contributed by atoms with Crippen molar-refractivity contribution in [3.8, 4) is 0 Å². The number of rotatable bonds is 5. The zero-order valence-corrected chi connectivity index (χ0v) is 15.8. The second-order valence-electron chi connectivity index (χ2n) is 5.66. The number of carbonyl (C=O) groups is 1. The maximum absolute atomic E-state index is 12.2. The van der Waals surface area contributed by atoms with Crippen molar-refractivity contribution in [2.75, 3.05) is 16.5 Å². The summed E-state index contributed by atoms with van der Waals surface area (Å²) in [6.45, 7) is 1.93. The van der Waals surface area contributed by atoms with Gasteiger partial charge < -0.3 is 11.1 Å². The molecule has 0 saturated heterocycles. The van der Waals surface area contributed by atoms with Gasteiger partial charge in [-0.25, -0.2) is 9.97 Å². The van der Waals surface area contributed by atoms with Crippen LogP contribution >= 0.6 is 23.2 Å². The molecule has 0 saturated carbocycles. The van der Waals surface area contributed by atoms with Gasteiger partial charge in [0.25, 0.3) is 5.91 Å². The summed E-state index contributed by atoms with van der Waals surface area (Å²) >= 11 is 11.9. The minimum atomic E-state index is -0.379. The van der Waals surface area contributed by atoms with Gasteiger partial charge >= 0.3 is 0 Å². The van der Waals surface area contributed by atoms with E-state index < -0.39 is 0 Å². The second-order valence-corrected chi connectivity index (χ2v) is 6.53. The Bertz CT molecular complexity index is 995. The van der Waals surface area contributed by atoms with Gasteiger partial charge in [-0.1, -0.05) is 35.3 Å². The average Bonchev–Trinajstić information content (AvgIpc) is 2.65. The van der Waals surface area contributed by atoms with Gasteiger partial charge in [0.15, 0.2) is 11.6 Å². The Morgan fingerprint density at radius 1 is 1.04 bits per heavy atom. The molecule has 2 aromatic carbocycles. The third-order valence-corrected chi connectivity index (χ3v) is 4.19. The lowest BCUT2D eigenvalue weighted by Gasteiger charge is -2.14. The predicted octanol–water partition coefficient (Wildman–Crippen LogP) is 4.17. The van der Waals surface area contributed by atoms with Crippen LogP contribution < -0.4 is 21.9 Å². The van der Waals surface area contributed by atoms with E-state index in [2.05, 4.69) is 26.1 Å². The lowest BCUT2D eigenvalue weighted by molar-refractivity contribution is 0.0962. The normalized spacial score (nSPS) is 10.3. The van der Waals surface area contributed by atoms with Crippen molar-refractivity contribution in [1.82, 2.24) is 15.4 Å². The third-order valence-electron chi connectivity index (χ3n) is 3.72. The van der Waals surface area contributed by atoms with Crippen molar-refractivity contribution in [2.24, 2.45) is 0 Å². The first-order chi connectivity index (χ1) is 12.9. The van der Waals surface area contributed by atoms with Crippen LogP contribution in [0.1, 0.15) is 15.9 Å². The van der Waals surface area contributed by atoms with Crippen LogP contribution in [0, 0.1) is 6.92 Å². The molecule has 0 bridgehead atoms. The fourth-order valence-electron chi connectivity index (χ4n) is 2.27. The Balaban J connectivity index is 1.75. The van der Waals surface area contributed by atoms with Crippen LogP contribution in [0.15, 0.2) is 48.8 Å². The quantitative estimate of drug-likeness (QED) is 0.477. The second kappa shape index (κ2) is 8.11. The summed E-state index contributed by atoms with van der Waals surface area (Å²) in [5.74, 6) is 0.258. The molecule has 1 heterocycles. The van der Waals surface area contributed by atoms with E-state index in [4.69, 9.17) is 28.9 Å². The molecule has 9 heteroatoms. The van der Waals surface area contributed by atoms with Gasteiger partial charge in [0, 0.05) is 21.3 Å². The van der Waals surface area contributed by atoms with Crippen molar-refractivity contribution in [3.05, 3.63) is 70.0 Å². The smallest absolute Gasteiger partial charge is 0.269 e. The number of nitrogens with zero attached hydrogens (tertiary/aromatic N) is 2. The Labute approximate surface area is 165 Å². The average molecular weight is 403 g/mol. The molecule has 0 spiro atoms. The zero-order valence-electron chi connectivity index (χ0n) is 14.3. The highest BCUT2D eigenvalue weighted by atomic mass is 35.5. The Morgan fingerprint density at radius 3 is 2.56 bits per heavy atom. The number of amides is 1. The number of aryl methyl sites for hydroxylation is 1. The maximum atomic E-state index is 12.2. The topological polar surface area (TPSA) is 105 Å². The van der Waals surface area contributed by atoms with Crippen LogP contribution in [0.3, 0.4) is 0 Å². The molecule has 0 atom stereocenters. The molecule has 0 radical (unpaired) electrons. The van der Waals surface area contributed by atoms with Gasteiger partial charge in [-0.05, 0) is 42.8 Å². The van der Waals surface area contributed by atoms with Crippen LogP contribution in [0.25, 0.3) is 0 Å². The fourth-order valence-corrected chi connectivity index (χ4v) is 2.63. The summed E-state index contributed by atoms with van der Waals surface area (Å²) < 4.78 is 0. The molecule has 138 valence electrons. The van der Waals surface area contributed by atoms with Crippen molar-refractivity contribution in [2.45, 2.75) is 6.92 Å². The minimum Gasteiger partial charge on any atom is -0.393 e. The van der Waals surface area contributed by atoms with E-state index in [9.17, 15) is 4.79 Å². The predicted molar refractivity (Wildman–Crippen MR) is 108 cm³/mol. The lowest BCUT2D eigenvalue weighted by Crippen LogP contribution is -2.30. The first kappa shape index (κ1) is 18.8. The van der Waals surface area contributed by atoms with E-state index in [0.29, 0.717) is 21.4 Å². The first-order valence-corrected chi connectivity index (χ1v) is 8.65. The number of hydrogen-bond donors (Lipinski definition) is 4. The van der Waals surface area contributed by atoms with Crippen LogP contribution in [-0.2, 0) is 0 Å². The lowest BCUT2D eigenvalue weighted by atomic mass is 10.2. The molecular weight excluding hydrogens is 387 g/mol. The van der Waals surface area contributed by atoms with Gasteiger partial charge in [-0.2, -0.15) is 0 Å². The molecule has 0 fully saturated rings. The minimum absolute atomic E-state index is 0.239. The van der Waals surface area contributed by atoms with Crippen molar-refractivity contribution >= 4 is 52.1 Å². The molecule has 0 unspecified atom stereocenters. The van der Waals surface area contributed by atoms with E-state index in [1.54, 1.807) is 36.4 Å². The van der Waals surface area contributed by atoms with E-state index >= 15 is 0 Å². The molecule has 3 aromatic rings. The van der Waals surface area contributed by atoms with Gasteiger partial charge in [0.1, 0.15) is 12.0 Å². The third kappa shape index (κ3) is 4.58. The van der Waals surface area contributed by atoms with E-state index in [1.807, 2.05) is 13.0 Å². The maximum Gasteiger partial charge on any atom is 0.269 e. The van der Waals surface area contributed by atoms with Gasteiger partial charge in [0.05, 0.1) is 0 Å². The number of hydrazine groups is 1. The van der Waals surface area contributed by atoms with E-state index in [1.165, 1.54) is 6.33 Å². The van der Waals surface area contributed by atoms with Crippen LogP contribution in [0.5, 0.6) is 0 Å². The number of nitrogen functional groups attached to an aromatic ring is 1.